The van der Waals surface area contributed by atoms with E-state index in [4.69, 9.17) is 23.7 Å². The molecule has 0 radical (unpaired) electrons. The summed E-state index contributed by atoms with van der Waals surface area (Å²) < 4.78 is 28.7. The van der Waals surface area contributed by atoms with Crippen LogP contribution < -0.4 is 0 Å². The van der Waals surface area contributed by atoms with Crippen LogP contribution in [0.5, 0.6) is 0 Å². The summed E-state index contributed by atoms with van der Waals surface area (Å²) in [5.41, 5.74) is 0. The van der Waals surface area contributed by atoms with Gasteiger partial charge >= 0.3 is 0 Å². The average molecular weight is 361 g/mol. The second kappa shape index (κ2) is 13.0. The van der Waals surface area contributed by atoms with Crippen molar-refractivity contribution in [2.24, 2.45) is 5.92 Å². The minimum atomic E-state index is -1.05. The normalized spacial score (nSPS) is 19.8. The molecule has 25 heavy (non-hydrogen) atoms. The summed E-state index contributed by atoms with van der Waals surface area (Å²) in [6, 6.07) is 0. The predicted molar refractivity (Wildman–Crippen MR) is 99.6 cm³/mol. The smallest absolute Gasteiger partial charge is 0.287 e. The maximum Gasteiger partial charge on any atom is 0.287 e. The lowest BCUT2D eigenvalue weighted by atomic mass is 9.89. The van der Waals surface area contributed by atoms with Crippen LogP contribution in [0.1, 0.15) is 71.6 Å². The van der Waals surface area contributed by atoms with Crippen LogP contribution in [0.4, 0.5) is 0 Å². The minimum absolute atomic E-state index is 0.0392. The van der Waals surface area contributed by atoms with Crippen molar-refractivity contribution >= 4 is 0 Å². The Hall–Kier alpha value is -0.200. The maximum atomic E-state index is 6.28. The van der Waals surface area contributed by atoms with Gasteiger partial charge in [0.2, 0.25) is 0 Å². The molecular weight excluding hydrogens is 320 g/mol. The summed E-state index contributed by atoms with van der Waals surface area (Å²) in [6.07, 6.45) is 10.8. The van der Waals surface area contributed by atoms with Crippen molar-refractivity contribution in [2.45, 2.75) is 89.8 Å². The van der Waals surface area contributed by atoms with Gasteiger partial charge in [0.1, 0.15) is 6.10 Å². The molecule has 1 rings (SSSR count). The molecule has 3 unspecified atom stereocenters. The van der Waals surface area contributed by atoms with E-state index in [9.17, 15) is 0 Å². The lowest BCUT2D eigenvalue weighted by Gasteiger charge is -2.40. The molecule has 3 atom stereocenters. The molecule has 0 spiro atoms. The molecule has 0 bridgehead atoms. The largest absolute Gasteiger partial charge is 0.375 e. The quantitative estimate of drug-likeness (QED) is 0.217. The van der Waals surface area contributed by atoms with Crippen LogP contribution in [0, 0.1) is 5.92 Å². The van der Waals surface area contributed by atoms with E-state index in [1.807, 2.05) is 0 Å². The molecule has 0 aromatic rings. The number of hydrogen-bond acceptors (Lipinski definition) is 5. The van der Waals surface area contributed by atoms with E-state index < -0.39 is 5.97 Å². The van der Waals surface area contributed by atoms with E-state index in [0.717, 1.165) is 38.7 Å². The Morgan fingerprint density at radius 1 is 0.880 bits per heavy atom. The van der Waals surface area contributed by atoms with E-state index in [1.165, 1.54) is 25.7 Å². The summed E-state index contributed by atoms with van der Waals surface area (Å²) in [5, 5.41) is 0. The summed E-state index contributed by atoms with van der Waals surface area (Å²) in [4.78, 5) is 0. The lowest BCUT2D eigenvalue weighted by molar-refractivity contribution is -0.390. The first-order chi connectivity index (χ1) is 12.2. The maximum absolute atomic E-state index is 6.28. The van der Waals surface area contributed by atoms with Crippen LogP contribution in [0.25, 0.3) is 0 Å². The highest BCUT2D eigenvalue weighted by molar-refractivity contribution is 4.81. The molecule has 0 aliphatic carbocycles. The number of methoxy groups -OCH3 is 3. The molecule has 150 valence electrons. The standard InChI is InChI=1S/C20H40O5/c1-6-8-10-11-12-14-19(25-16-17-15-24-17)18(13-9-7-2)20(21-3,22-4)23-5/h17-19H,6-16H2,1-5H3. The first-order valence-corrected chi connectivity index (χ1v) is 10.1. The molecule has 5 nitrogen and oxygen atoms in total. The number of rotatable bonds is 17. The van der Waals surface area contributed by atoms with E-state index in [-0.39, 0.29) is 18.1 Å². The SMILES string of the molecule is CCCCCCCC(OCC1CO1)C(CCCC)C(OC)(OC)OC. The average Bonchev–Trinajstić information content (AvgIpc) is 3.46. The van der Waals surface area contributed by atoms with Crippen LogP contribution in [-0.4, -0.2) is 52.7 Å². The molecule has 1 aliphatic heterocycles. The summed E-state index contributed by atoms with van der Waals surface area (Å²) >= 11 is 0. The molecule has 0 N–H and O–H groups in total. The van der Waals surface area contributed by atoms with Gasteiger partial charge < -0.3 is 23.7 Å². The van der Waals surface area contributed by atoms with Gasteiger partial charge in [0.05, 0.1) is 25.2 Å². The van der Waals surface area contributed by atoms with Crippen LogP contribution in [-0.2, 0) is 23.7 Å². The monoisotopic (exact) mass is 360 g/mol. The fourth-order valence-corrected chi connectivity index (χ4v) is 3.46. The van der Waals surface area contributed by atoms with Crippen molar-refractivity contribution in [1.29, 1.82) is 0 Å². The van der Waals surface area contributed by atoms with Gasteiger partial charge in [-0.3, -0.25) is 0 Å². The number of hydrogen-bond donors (Lipinski definition) is 0. The van der Waals surface area contributed by atoms with Crippen molar-refractivity contribution in [3.05, 3.63) is 0 Å². The molecule has 0 amide bonds. The van der Waals surface area contributed by atoms with Gasteiger partial charge in [0, 0.05) is 21.3 Å². The van der Waals surface area contributed by atoms with Gasteiger partial charge in [0.25, 0.3) is 5.97 Å². The third-order valence-electron chi connectivity index (χ3n) is 5.12. The van der Waals surface area contributed by atoms with Crippen LogP contribution in [0.2, 0.25) is 0 Å². The Kier molecular flexibility index (Phi) is 11.9. The van der Waals surface area contributed by atoms with Gasteiger partial charge in [-0.25, -0.2) is 0 Å². The topological polar surface area (TPSA) is 49.5 Å². The van der Waals surface area contributed by atoms with Gasteiger partial charge in [-0.2, -0.15) is 0 Å². The van der Waals surface area contributed by atoms with Crippen molar-refractivity contribution in [3.8, 4) is 0 Å². The second-order valence-corrected chi connectivity index (χ2v) is 6.99. The predicted octanol–water partition coefficient (Wildman–Crippen LogP) is 4.53. The highest BCUT2D eigenvalue weighted by atomic mass is 16.9. The molecule has 5 heteroatoms. The molecular formula is C20H40O5. The molecule has 0 saturated carbocycles. The van der Waals surface area contributed by atoms with Crippen molar-refractivity contribution in [1.82, 2.24) is 0 Å². The zero-order valence-corrected chi connectivity index (χ0v) is 17.1. The minimum Gasteiger partial charge on any atom is -0.375 e. The third kappa shape index (κ3) is 7.92. The van der Waals surface area contributed by atoms with E-state index in [2.05, 4.69) is 13.8 Å². The molecule has 1 heterocycles. The Bertz CT molecular complexity index is 307. The number of ether oxygens (including phenoxy) is 5. The highest BCUT2D eigenvalue weighted by Crippen LogP contribution is 2.35. The highest BCUT2D eigenvalue weighted by Gasteiger charge is 2.45. The fourth-order valence-electron chi connectivity index (χ4n) is 3.46. The van der Waals surface area contributed by atoms with E-state index in [0.29, 0.717) is 6.61 Å². The Morgan fingerprint density at radius 2 is 1.48 bits per heavy atom. The van der Waals surface area contributed by atoms with Gasteiger partial charge in [0.15, 0.2) is 0 Å². The first kappa shape index (κ1) is 22.8. The summed E-state index contributed by atoms with van der Waals surface area (Å²) in [7, 11) is 4.94. The molecule has 0 aromatic heterocycles. The molecule has 1 fully saturated rings. The summed E-state index contributed by atoms with van der Waals surface area (Å²) in [6.45, 7) is 5.90. The van der Waals surface area contributed by atoms with Gasteiger partial charge in [-0.1, -0.05) is 58.8 Å². The van der Waals surface area contributed by atoms with Gasteiger partial charge in [-0.05, 0) is 12.8 Å². The van der Waals surface area contributed by atoms with E-state index >= 15 is 0 Å². The Morgan fingerprint density at radius 3 is 2.00 bits per heavy atom. The van der Waals surface area contributed by atoms with Crippen molar-refractivity contribution < 1.29 is 23.7 Å². The second-order valence-electron chi connectivity index (χ2n) is 6.99. The Balaban J connectivity index is 2.75. The zero-order valence-electron chi connectivity index (χ0n) is 17.1. The fraction of sp³-hybridized carbons (Fsp3) is 1.00. The van der Waals surface area contributed by atoms with Crippen LogP contribution in [0.3, 0.4) is 0 Å². The molecule has 1 saturated heterocycles. The zero-order chi connectivity index (χ0) is 18.5. The molecule has 1 aliphatic rings. The van der Waals surface area contributed by atoms with E-state index in [1.54, 1.807) is 21.3 Å². The first-order valence-electron chi connectivity index (χ1n) is 10.1. The van der Waals surface area contributed by atoms with Crippen molar-refractivity contribution in [2.75, 3.05) is 34.5 Å². The van der Waals surface area contributed by atoms with Crippen molar-refractivity contribution in [3.63, 3.8) is 0 Å². The number of unbranched alkanes of at least 4 members (excludes halogenated alkanes) is 5. The lowest BCUT2D eigenvalue weighted by Crippen LogP contribution is -2.50. The third-order valence-corrected chi connectivity index (χ3v) is 5.12. The number of epoxide rings is 1. The van der Waals surface area contributed by atoms with Gasteiger partial charge in [-0.15, -0.1) is 0 Å². The van der Waals surface area contributed by atoms with Crippen LogP contribution in [0.15, 0.2) is 0 Å². The summed E-state index contributed by atoms with van der Waals surface area (Å²) in [5.74, 6) is -1.01. The molecule has 0 aromatic carbocycles. The Labute approximate surface area is 154 Å². The van der Waals surface area contributed by atoms with Crippen LogP contribution >= 0.6 is 0 Å².